The highest BCUT2D eigenvalue weighted by Crippen LogP contribution is 2.27. The van der Waals surface area contributed by atoms with Gasteiger partial charge in [-0.25, -0.2) is 0 Å². The summed E-state index contributed by atoms with van der Waals surface area (Å²) in [5.74, 6) is 3.31. The summed E-state index contributed by atoms with van der Waals surface area (Å²) in [6.45, 7) is 8.75. The summed E-state index contributed by atoms with van der Waals surface area (Å²) in [6, 6.07) is 4.90. The standard InChI is InChI=1S/C27H43N5O4S2/c1-19(21-10-12-22(13-11-21)32(35)36)29-25(33)23(15-37-14-20-8-6-5-7-9-20)30-26(34)24-16-38-18-31(24)17-28-27(2,3)4/h10-13,19-20,23-24,28H,5-9,14-18H2,1-4H3,(H,29,33)(H,30,34). The summed E-state index contributed by atoms with van der Waals surface area (Å²) in [6.07, 6.45) is 6.33. The Kier molecular flexibility index (Phi) is 11.7. The number of amides is 2. The normalized spacial score (nSPS) is 20.6. The van der Waals surface area contributed by atoms with Crippen LogP contribution in [0.25, 0.3) is 0 Å². The van der Waals surface area contributed by atoms with Crippen molar-refractivity contribution in [2.45, 2.75) is 83.5 Å². The highest BCUT2D eigenvalue weighted by atomic mass is 32.2. The van der Waals surface area contributed by atoms with Crippen LogP contribution in [0.15, 0.2) is 24.3 Å². The van der Waals surface area contributed by atoms with Gasteiger partial charge >= 0.3 is 0 Å². The highest BCUT2D eigenvalue weighted by Gasteiger charge is 2.34. The van der Waals surface area contributed by atoms with Crippen LogP contribution in [0.5, 0.6) is 0 Å². The Balaban J connectivity index is 1.63. The summed E-state index contributed by atoms with van der Waals surface area (Å²) in [5, 5.41) is 20.5. The largest absolute Gasteiger partial charge is 0.348 e. The molecule has 3 N–H and O–H groups in total. The number of hydrogen-bond donors (Lipinski definition) is 3. The smallest absolute Gasteiger partial charge is 0.269 e. The zero-order valence-corrected chi connectivity index (χ0v) is 24.7. The first-order chi connectivity index (χ1) is 18.0. The third kappa shape index (κ3) is 9.73. The molecule has 0 aromatic heterocycles. The van der Waals surface area contributed by atoms with Crippen LogP contribution in [0, 0.1) is 16.0 Å². The maximum atomic E-state index is 13.4. The Labute approximate surface area is 235 Å². The van der Waals surface area contributed by atoms with E-state index in [0.717, 1.165) is 17.2 Å². The number of benzene rings is 1. The number of thioether (sulfide) groups is 2. The average molecular weight is 566 g/mol. The van der Waals surface area contributed by atoms with E-state index in [2.05, 4.69) is 41.6 Å². The maximum Gasteiger partial charge on any atom is 0.269 e. The molecule has 1 aliphatic carbocycles. The SMILES string of the molecule is CC(NC(=O)C(CSCC1CCCCC1)NC(=O)C1CSCN1CNC(C)(C)C)c1ccc([N+](=O)[O-])cc1. The van der Waals surface area contributed by atoms with Gasteiger partial charge in [-0.15, -0.1) is 11.8 Å². The Morgan fingerprint density at radius 2 is 1.84 bits per heavy atom. The molecule has 212 valence electrons. The van der Waals surface area contributed by atoms with Crippen molar-refractivity contribution < 1.29 is 14.5 Å². The molecular formula is C27H43N5O4S2. The summed E-state index contributed by atoms with van der Waals surface area (Å²) in [4.78, 5) is 39.4. The molecule has 1 saturated carbocycles. The minimum Gasteiger partial charge on any atom is -0.348 e. The summed E-state index contributed by atoms with van der Waals surface area (Å²) in [7, 11) is 0. The number of non-ortho nitro benzene ring substituents is 1. The van der Waals surface area contributed by atoms with E-state index in [1.807, 2.05) is 6.92 Å². The van der Waals surface area contributed by atoms with Gasteiger partial charge in [0.05, 0.1) is 23.7 Å². The number of hydrogen-bond acceptors (Lipinski definition) is 8. The summed E-state index contributed by atoms with van der Waals surface area (Å²) >= 11 is 3.47. The van der Waals surface area contributed by atoms with Gasteiger partial charge in [0.25, 0.3) is 5.69 Å². The zero-order chi connectivity index (χ0) is 27.7. The number of nitro benzene ring substituents is 1. The third-order valence-electron chi connectivity index (χ3n) is 7.05. The molecule has 11 heteroatoms. The lowest BCUT2D eigenvalue weighted by Crippen LogP contribution is -2.56. The molecule has 1 aromatic rings. The fourth-order valence-corrected chi connectivity index (χ4v) is 7.12. The van der Waals surface area contributed by atoms with Gasteiger partial charge in [-0.05, 0) is 57.8 Å². The van der Waals surface area contributed by atoms with E-state index in [4.69, 9.17) is 0 Å². The van der Waals surface area contributed by atoms with E-state index in [0.29, 0.717) is 24.1 Å². The molecule has 1 saturated heterocycles. The Morgan fingerprint density at radius 3 is 2.47 bits per heavy atom. The fourth-order valence-electron chi connectivity index (χ4n) is 4.65. The lowest BCUT2D eigenvalue weighted by atomic mass is 9.91. The molecule has 2 aliphatic rings. The quantitative estimate of drug-likeness (QED) is 0.254. The molecule has 1 heterocycles. The van der Waals surface area contributed by atoms with Crippen LogP contribution in [-0.2, 0) is 9.59 Å². The average Bonchev–Trinajstić information content (AvgIpc) is 3.36. The predicted octanol–water partition coefficient (Wildman–Crippen LogP) is 4.29. The molecule has 3 atom stereocenters. The number of nitrogens with one attached hydrogen (secondary N) is 3. The van der Waals surface area contributed by atoms with Crippen LogP contribution in [0.3, 0.4) is 0 Å². The molecule has 0 bridgehead atoms. The van der Waals surface area contributed by atoms with E-state index in [1.54, 1.807) is 35.7 Å². The molecule has 3 unspecified atom stereocenters. The molecule has 9 nitrogen and oxygen atoms in total. The Morgan fingerprint density at radius 1 is 1.16 bits per heavy atom. The minimum atomic E-state index is -0.653. The van der Waals surface area contributed by atoms with Gasteiger partial charge in [-0.3, -0.25) is 29.9 Å². The molecule has 1 aromatic carbocycles. The van der Waals surface area contributed by atoms with Crippen LogP contribution in [0.4, 0.5) is 5.69 Å². The van der Waals surface area contributed by atoms with Crippen molar-refractivity contribution in [3.8, 4) is 0 Å². The van der Waals surface area contributed by atoms with Crippen molar-refractivity contribution >= 4 is 41.0 Å². The summed E-state index contributed by atoms with van der Waals surface area (Å²) in [5.41, 5.74) is 0.729. The van der Waals surface area contributed by atoms with Crippen LogP contribution >= 0.6 is 23.5 Å². The van der Waals surface area contributed by atoms with Crippen molar-refractivity contribution in [1.82, 2.24) is 20.9 Å². The van der Waals surface area contributed by atoms with Gasteiger partial charge < -0.3 is 10.6 Å². The number of rotatable bonds is 12. The van der Waals surface area contributed by atoms with Crippen LogP contribution in [-0.4, -0.2) is 69.1 Å². The van der Waals surface area contributed by atoms with Crippen LogP contribution in [0.2, 0.25) is 0 Å². The van der Waals surface area contributed by atoms with E-state index < -0.39 is 11.0 Å². The van der Waals surface area contributed by atoms with E-state index in [1.165, 1.54) is 44.2 Å². The number of nitro groups is 1. The maximum absolute atomic E-state index is 13.4. The van der Waals surface area contributed by atoms with Gasteiger partial charge in [0.1, 0.15) is 6.04 Å². The van der Waals surface area contributed by atoms with Crippen molar-refractivity contribution in [2.75, 3.05) is 29.8 Å². The number of nitrogens with zero attached hydrogens (tertiary/aromatic N) is 2. The molecular weight excluding hydrogens is 522 g/mol. The Bertz CT molecular complexity index is 934. The third-order valence-corrected chi connectivity index (χ3v) is 9.39. The van der Waals surface area contributed by atoms with Gasteiger partial charge in [-0.2, -0.15) is 11.8 Å². The lowest BCUT2D eigenvalue weighted by Gasteiger charge is -2.29. The minimum absolute atomic E-state index is 0.0106. The second-order valence-corrected chi connectivity index (χ2v) is 13.4. The van der Waals surface area contributed by atoms with Crippen molar-refractivity contribution in [3.63, 3.8) is 0 Å². The first-order valence-electron chi connectivity index (χ1n) is 13.5. The lowest BCUT2D eigenvalue weighted by molar-refractivity contribution is -0.384. The second kappa shape index (κ2) is 14.5. The molecule has 38 heavy (non-hydrogen) atoms. The first-order valence-corrected chi connectivity index (χ1v) is 15.8. The van der Waals surface area contributed by atoms with E-state index in [9.17, 15) is 19.7 Å². The van der Waals surface area contributed by atoms with Crippen LogP contribution < -0.4 is 16.0 Å². The number of carbonyl (C=O) groups is 2. The molecule has 3 rings (SSSR count). The number of carbonyl (C=O) groups excluding carboxylic acids is 2. The molecule has 0 radical (unpaired) electrons. The van der Waals surface area contributed by atoms with E-state index in [-0.39, 0.29) is 35.1 Å². The van der Waals surface area contributed by atoms with Gasteiger partial charge in [0.2, 0.25) is 11.8 Å². The van der Waals surface area contributed by atoms with Gasteiger partial charge in [0, 0.05) is 35.1 Å². The monoisotopic (exact) mass is 565 g/mol. The molecule has 2 fully saturated rings. The van der Waals surface area contributed by atoms with Crippen molar-refractivity contribution in [1.29, 1.82) is 0 Å². The second-order valence-electron chi connectivity index (χ2n) is 11.4. The van der Waals surface area contributed by atoms with Gasteiger partial charge in [-0.1, -0.05) is 31.4 Å². The fraction of sp³-hybridized carbons (Fsp3) is 0.704. The van der Waals surface area contributed by atoms with Gasteiger partial charge in [0.15, 0.2) is 0 Å². The molecule has 0 spiro atoms. The summed E-state index contributed by atoms with van der Waals surface area (Å²) < 4.78 is 0. The van der Waals surface area contributed by atoms with Crippen molar-refractivity contribution in [2.24, 2.45) is 5.92 Å². The van der Waals surface area contributed by atoms with E-state index >= 15 is 0 Å². The van der Waals surface area contributed by atoms with Crippen LogP contribution in [0.1, 0.15) is 71.4 Å². The highest BCUT2D eigenvalue weighted by molar-refractivity contribution is 7.99. The zero-order valence-electron chi connectivity index (χ0n) is 23.0. The first kappa shape index (κ1) is 30.7. The predicted molar refractivity (Wildman–Crippen MR) is 156 cm³/mol. The topological polar surface area (TPSA) is 117 Å². The molecule has 2 amide bonds. The van der Waals surface area contributed by atoms with Crippen molar-refractivity contribution in [3.05, 3.63) is 39.9 Å². The molecule has 1 aliphatic heterocycles. The Hall–Kier alpha value is -1.82.